The van der Waals surface area contributed by atoms with E-state index in [1.54, 1.807) is 0 Å². The predicted molar refractivity (Wildman–Crippen MR) is 380 cm³/mol. The van der Waals surface area contributed by atoms with E-state index in [-0.39, 0.29) is 19.3 Å². The standard InChI is InChI=1S/C75H118O16P2/c1-4-7-10-13-16-19-22-25-28-31-33-34-36-39-40-43-46-49-52-55-58-61-73(78)85-64-70(76)65-87-92(81,82)88-66-71(77)67-89-93(83,84)90-69-72(91-75(80)63-60-57-54-51-48-45-42-37-30-27-24-21-18-15-12-9-6-3)68-86-74(79)62-59-56-53-50-47-44-41-38-35-32-29-26-23-20-17-14-11-8-5-2/h7-12,16-21,25-30,33-35,38-40,44,46-47,49,53,56,70-72,76-77H,4-6,13-15,22-24,31-32,36-37,41-43,45,48,50-52,54-55,57-69H2,1-3H3,(H,81,82)(H,83,84)/b10-7-,11-8-,12-9-,19-16-,20-17-,21-18-,28-25-,29-26-,30-27-,34-33-,38-35-,40-39-,47-44-,49-46-,56-53-. The van der Waals surface area contributed by atoms with Crippen LogP contribution in [0, 0.1) is 0 Å². The minimum atomic E-state index is -4.96. The fourth-order valence-corrected chi connectivity index (χ4v) is 9.61. The summed E-state index contributed by atoms with van der Waals surface area (Å²) in [5, 5.41) is 20.5. The van der Waals surface area contributed by atoms with Gasteiger partial charge in [0.05, 0.1) is 26.4 Å². The molecular formula is C75H118O16P2. The molecule has 0 saturated heterocycles. The van der Waals surface area contributed by atoms with Crippen molar-refractivity contribution in [2.24, 2.45) is 0 Å². The fraction of sp³-hybridized carbons (Fsp3) is 0.560. The Bertz CT molecular complexity index is 2420. The van der Waals surface area contributed by atoms with Crippen molar-refractivity contribution in [3.05, 3.63) is 182 Å². The third kappa shape index (κ3) is 67.9. The van der Waals surface area contributed by atoms with Crippen LogP contribution in [0.25, 0.3) is 0 Å². The maximum atomic E-state index is 12.9. The van der Waals surface area contributed by atoms with Gasteiger partial charge in [0.2, 0.25) is 0 Å². The topological polar surface area (TPSA) is 231 Å². The van der Waals surface area contributed by atoms with Crippen molar-refractivity contribution in [1.29, 1.82) is 0 Å². The molecule has 93 heavy (non-hydrogen) atoms. The Balaban J connectivity index is 4.83. The summed E-state index contributed by atoms with van der Waals surface area (Å²) in [7, 11) is -9.83. The third-order valence-electron chi connectivity index (χ3n) is 13.1. The van der Waals surface area contributed by atoms with Gasteiger partial charge in [0.1, 0.15) is 25.4 Å². The number of aliphatic hydroxyl groups excluding tert-OH is 2. The normalized spacial score (nSPS) is 15.3. The number of carbonyl (C=O) groups excluding carboxylic acids is 3. The molecule has 4 N–H and O–H groups in total. The van der Waals surface area contributed by atoms with Gasteiger partial charge >= 0.3 is 33.6 Å². The van der Waals surface area contributed by atoms with E-state index in [0.717, 1.165) is 148 Å². The van der Waals surface area contributed by atoms with Crippen LogP contribution in [0.15, 0.2) is 182 Å². The molecular weight excluding hydrogens is 1220 g/mol. The first-order valence-electron chi connectivity index (χ1n) is 34.1. The van der Waals surface area contributed by atoms with Crippen LogP contribution in [-0.2, 0) is 55.8 Å². The Labute approximate surface area is 560 Å². The van der Waals surface area contributed by atoms with Crippen molar-refractivity contribution in [3.8, 4) is 0 Å². The number of rotatable bonds is 62. The minimum Gasteiger partial charge on any atom is -0.463 e. The van der Waals surface area contributed by atoms with E-state index in [9.17, 15) is 43.5 Å². The molecule has 524 valence electrons. The van der Waals surface area contributed by atoms with Crippen molar-refractivity contribution in [3.63, 3.8) is 0 Å². The van der Waals surface area contributed by atoms with Gasteiger partial charge in [0, 0.05) is 19.3 Å². The van der Waals surface area contributed by atoms with Crippen LogP contribution in [0.4, 0.5) is 0 Å². The number of esters is 3. The van der Waals surface area contributed by atoms with Gasteiger partial charge in [-0.15, -0.1) is 0 Å². The summed E-state index contributed by atoms with van der Waals surface area (Å²) in [6.45, 7) is 2.13. The molecule has 0 aliphatic heterocycles. The number of carbonyl (C=O) groups is 3. The Morgan fingerprint density at radius 2 is 0.559 bits per heavy atom. The van der Waals surface area contributed by atoms with Gasteiger partial charge < -0.3 is 34.2 Å². The smallest absolute Gasteiger partial charge is 0.463 e. The summed E-state index contributed by atoms with van der Waals surface area (Å²) in [6.07, 6.45) is 83.9. The molecule has 0 spiro atoms. The van der Waals surface area contributed by atoms with Gasteiger partial charge in [0.15, 0.2) is 6.10 Å². The quantitative estimate of drug-likeness (QED) is 0.0146. The maximum Gasteiger partial charge on any atom is 0.472 e. The number of aliphatic hydroxyl groups is 2. The number of hydrogen-bond acceptors (Lipinski definition) is 14. The van der Waals surface area contributed by atoms with E-state index in [0.29, 0.717) is 25.7 Å². The summed E-state index contributed by atoms with van der Waals surface area (Å²) in [6, 6.07) is 0. The van der Waals surface area contributed by atoms with Crippen LogP contribution in [0.1, 0.15) is 213 Å². The van der Waals surface area contributed by atoms with E-state index in [2.05, 4.69) is 185 Å². The molecule has 0 aromatic rings. The molecule has 18 heteroatoms. The lowest BCUT2D eigenvalue weighted by Gasteiger charge is -2.21. The number of phosphoric ester groups is 2. The monoisotopic (exact) mass is 1340 g/mol. The van der Waals surface area contributed by atoms with Crippen molar-refractivity contribution < 1.29 is 75.8 Å². The Morgan fingerprint density at radius 3 is 0.935 bits per heavy atom. The number of ether oxygens (including phenoxy) is 3. The third-order valence-corrected chi connectivity index (χ3v) is 15.0. The molecule has 16 nitrogen and oxygen atoms in total. The molecule has 0 radical (unpaired) electrons. The second-order valence-electron chi connectivity index (χ2n) is 21.8. The van der Waals surface area contributed by atoms with Crippen LogP contribution in [0.2, 0.25) is 0 Å². The summed E-state index contributed by atoms with van der Waals surface area (Å²) in [4.78, 5) is 58.4. The van der Waals surface area contributed by atoms with E-state index in [1.165, 1.54) is 0 Å². The minimum absolute atomic E-state index is 0.0343. The van der Waals surface area contributed by atoms with Crippen LogP contribution >= 0.6 is 15.6 Å². The second-order valence-corrected chi connectivity index (χ2v) is 24.7. The summed E-state index contributed by atoms with van der Waals surface area (Å²) in [5.41, 5.74) is 0. The zero-order valence-electron chi connectivity index (χ0n) is 56.6. The molecule has 0 aliphatic rings. The molecule has 5 unspecified atom stereocenters. The van der Waals surface area contributed by atoms with Crippen LogP contribution in [0.3, 0.4) is 0 Å². The molecule has 0 fully saturated rings. The number of allylic oxidation sites excluding steroid dienone is 30. The zero-order valence-corrected chi connectivity index (χ0v) is 58.4. The second kappa shape index (κ2) is 66.7. The molecule has 0 saturated carbocycles. The molecule has 0 aromatic heterocycles. The lowest BCUT2D eigenvalue weighted by molar-refractivity contribution is -0.161. The highest BCUT2D eigenvalue weighted by molar-refractivity contribution is 7.47. The molecule has 0 aliphatic carbocycles. The van der Waals surface area contributed by atoms with Crippen LogP contribution < -0.4 is 0 Å². The average Bonchev–Trinajstić information content (AvgIpc) is 3.72. The number of phosphoric acid groups is 2. The summed E-state index contributed by atoms with van der Waals surface area (Å²) >= 11 is 0. The van der Waals surface area contributed by atoms with Gasteiger partial charge in [-0.3, -0.25) is 32.5 Å². The van der Waals surface area contributed by atoms with Gasteiger partial charge in [-0.05, 0) is 141 Å². The van der Waals surface area contributed by atoms with E-state index in [1.807, 2.05) is 18.2 Å². The lowest BCUT2D eigenvalue weighted by Crippen LogP contribution is -2.30. The van der Waals surface area contributed by atoms with Crippen molar-refractivity contribution in [1.82, 2.24) is 0 Å². The zero-order chi connectivity index (χ0) is 68.1. The highest BCUT2D eigenvalue weighted by atomic mass is 31.2. The van der Waals surface area contributed by atoms with Crippen LogP contribution in [-0.4, -0.2) is 95.9 Å². The predicted octanol–water partition coefficient (Wildman–Crippen LogP) is 19.1. The first kappa shape index (κ1) is 87.7. The summed E-state index contributed by atoms with van der Waals surface area (Å²) < 4.78 is 60.8. The molecule has 0 aromatic carbocycles. The van der Waals surface area contributed by atoms with Gasteiger partial charge in [-0.1, -0.05) is 235 Å². The molecule has 0 heterocycles. The fourth-order valence-electron chi connectivity index (χ4n) is 8.02. The lowest BCUT2D eigenvalue weighted by atomic mass is 10.1. The summed E-state index contributed by atoms with van der Waals surface area (Å²) in [5.74, 6) is -1.75. The number of hydrogen-bond donors (Lipinski definition) is 4. The first-order chi connectivity index (χ1) is 45.2. The van der Waals surface area contributed by atoms with E-state index >= 15 is 0 Å². The van der Waals surface area contributed by atoms with E-state index in [4.69, 9.17) is 32.3 Å². The van der Waals surface area contributed by atoms with Crippen molar-refractivity contribution in [2.75, 3.05) is 39.6 Å². The van der Waals surface area contributed by atoms with E-state index < -0.39 is 91.5 Å². The van der Waals surface area contributed by atoms with Gasteiger partial charge in [-0.25, -0.2) is 9.13 Å². The average molecular weight is 1340 g/mol. The van der Waals surface area contributed by atoms with Crippen molar-refractivity contribution >= 4 is 33.6 Å². The molecule has 0 bridgehead atoms. The SMILES string of the molecule is CC/C=C\C/C=C\C/C=C\C/C=C\C/C=C\C/C=C\CCCCC(=O)OCC(O)COP(=O)(O)OCC(O)COP(=O)(O)OCC(COC(=O)CC/C=C\C/C=C\C/C=C\C/C=C\C/C=C\C/C=C\CC)OC(=O)CCCCCCCCC/C=C\C/C=C\C/C=C\CC. The van der Waals surface area contributed by atoms with Crippen molar-refractivity contribution in [2.45, 2.75) is 232 Å². The highest BCUT2D eigenvalue weighted by Crippen LogP contribution is 2.45. The Hall–Kier alpha value is -5.35. The number of unbranched alkanes of at least 4 members (excludes halogenated alkanes) is 9. The maximum absolute atomic E-state index is 12.9. The Kier molecular flexibility index (Phi) is 62.8. The van der Waals surface area contributed by atoms with Gasteiger partial charge in [-0.2, -0.15) is 0 Å². The molecule has 0 amide bonds. The largest absolute Gasteiger partial charge is 0.472 e. The molecule has 5 atom stereocenters. The Morgan fingerprint density at radius 1 is 0.301 bits per heavy atom. The van der Waals surface area contributed by atoms with Gasteiger partial charge in [0.25, 0.3) is 0 Å². The highest BCUT2D eigenvalue weighted by Gasteiger charge is 2.29. The molecule has 0 rings (SSSR count). The first-order valence-corrected chi connectivity index (χ1v) is 37.1. The van der Waals surface area contributed by atoms with Crippen LogP contribution in [0.5, 0.6) is 0 Å².